The Kier molecular flexibility index (Phi) is 5.54. The van der Waals surface area contributed by atoms with Crippen LogP contribution in [0.5, 0.6) is 0 Å². The SMILES string of the molecule is Cc1nc(CN(C)C(=O)CCN2CCCC(C)C2)cs1. The maximum Gasteiger partial charge on any atom is 0.223 e. The number of carbonyl (C=O) groups excluding carboxylic acids is 1. The van der Waals surface area contributed by atoms with E-state index in [0.717, 1.165) is 36.3 Å². The van der Waals surface area contributed by atoms with Crippen LogP contribution in [0.4, 0.5) is 0 Å². The molecule has 1 atom stereocenters. The van der Waals surface area contributed by atoms with Crippen LogP contribution >= 0.6 is 11.3 Å². The summed E-state index contributed by atoms with van der Waals surface area (Å²) >= 11 is 1.64. The summed E-state index contributed by atoms with van der Waals surface area (Å²) in [7, 11) is 1.87. The highest BCUT2D eigenvalue weighted by Gasteiger charge is 2.18. The molecule has 2 heterocycles. The average molecular weight is 295 g/mol. The van der Waals surface area contributed by atoms with Crippen molar-refractivity contribution in [2.45, 2.75) is 39.7 Å². The molecule has 0 aliphatic carbocycles. The van der Waals surface area contributed by atoms with Gasteiger partial charge < -0.3 is 9.80 Å². The maximum atomic E-state index is 12.2. The molecular weight excluding hydrogens is 270 g/mol. The summed E-state index contributed by atoms with van der Waals surface area (Å²) in [6, 6.07) is 0. The number of aryl methyl sites for hydroxylation is 1. The molecule has 112 valence electrons. The van der Waals surface area contributed by atoms with E-state index < -0.39 is 0 Å². The molecule has 0 saturated carbocycles. The minimum Gasteiger partial charge on any atom is -0.340 e. The van der Waals surface area contributed by atoms with Crippen molar-refractivity contribution in [3.8, 4) is 0 Å². The van der Waals surface area contributed by atoms with Gasteiger partial charge in [-0.15, -0.1) is 11.3 Å². The number of hydrogen-bond donors (Lipinski definition) is 0. The minimum atomic E-state index is 0.217. The third-order valence-corrected chi connectivity index (χ3v) is 4.70. The van der Waals surface area contributed by atoms with Crippen LogP contribution in [0, 0.1) is 12.8 Å². The number of aromatic nitrogens is 1. The molecule has 0 bridgehead atoms. The van der Waals surface area contributed by atoms with Gasteiger partial charge in [0.15, 0.2) is 0 Å². The quantitative estimate of drug-likeness (QED) is 0.837. The molecule has 1 aromatic rings. The molecule has 1 unspecified atom stereocenters. The molecule has 1 fully saturated rings. The van der Waals surface area contributed by atoms with Crippen LogP contribution in [0.2, 0.25) is 0 Å². The van der Waals surface area contributed by atoms with Gasteiger partial charge in [0.2, 0.25) is 5.91 Å². The summed E-state index contributed by atoms with van der Waals surface area (Å²) in [5.41, 5.74) is 0.995. The van der Waals surface area contributed by atoms with Crippen molar-refractivity contribution in [3.05, 3.63) is 16.1 Å². The number of hydrogen-bond acceptors (Lipinski definition) is 4. The van der Waals surface area contributed by atoms with E-state index in [4.69, 9.17) is 0 Å². The van der Waals surface area contributed by atoms with E-state index in [2.05, 4.69) is 16.8 Å². The summed E-state index contributed by atoms with van der Waals surface area (Å²) in [6.07, 6.45) is 3.21. The van der Waals surface area contributed by atoms with E-state index in [1.807, 2.05) is 19.4 Å². The molecule has 1 aliphatic heterocycles. The van der Waals surface area contributed by atoms with Crippen molar-refractivity contribution >= 4 is 17.2 Å². The average Bonchev–Trinajstić information content (AvgIpc) is 2.81. The summed E-state index contributed by atoms with van der Waals surface area (Å²) in [5.74, 6) is 0.989. The lowest BCUT2D eigenvalue weighted by atomic mass is 10.0. The lowest BCUT2D eigenvalue weighted by Gasteiger charge is -2.31. The van der Waals surface area contributed by atoms with E-state index in [1.165, 1.54) is 12.8 Å². The molecule has 20 heavy (non-hydrogen) atoms. The third-order valence-electron chi connectivity index (χ3n) is 3.87. The Morgan fingerprint density at radius 2 is 2.40 bits per heavy atom. The Hall–Kier alpha value is -0.940. The zero-order valence-corrected chi connectivity index (χ0v) is 13.6. The lowest BCUT2D eigenvalue weighted by Crippen LogP contribution is -2.37. The maximum absolute atomic E-state index is 12.2. The topological polar surface area (TPSA) is 36.4 Å². The molecule has 2 rings (SSSR count). The standard InChI is InChI=1S/C15H25N3OS/c1-12-5-4-7-18(9-12)8-6-15(19)17(3)10-14-11-20-13(2)16-14/h11-12H,4-10H2,1-3H3. The molecule has 4 nitrogen and oxygen atoms in total. The first-order chi connectivity index (χ1) is 9.54. The first kappa shape index (κ1) is 15.4. The van der Waals surface area contributed by atoms with Gasteiger partial charge in [-0.2, -0.15) is 0 Å². The number of rotatable bonds is 5. The highest BCUT2D eigenvalue weighted by Crippen LogP contribution is 2.16. The van der Waals surface area contributed by atoms with Gasteiger partial charge in [-0.1, -0.05) is 6.92 Å². The number of nitrogens with zero attached hydrogens (tertiary/aromatic N) is 3. The number of piperidine rings is 1. The summed E-state index contributed by atoms with van der Waals surface area (Å²) in [4.78, 5) is 20.8. The van der Waals surface area contributed by atoms with Gasteiger partial charge >= 0.3 is 0 Å². The van der Waals surface area contributed by atoms with Gasteiger partial charge in [-0.3, -0.25) is 4.79 Å². The first-order valence-electron chi connectivity index (χ1n) is 7.42. The van der Waals surface area contributed by atoms with Gasteiger partial charge in [0.25, 0.3) is 0 Å². The Morgan fingerprint density at radius 3 is 3.05 bits per heavy atom. The Balaban J connectivity index is 1.73. The lowest BCUT2D eigenvalue weighted by molar-refractivity contribution is -0.130. The van der Waals surface area contributed by atoms with Crippen LogP contribution in [0.3, 0.4) is 0 Å². The predicted octanol–water partition coefficient (Wildman–Crippen LogP) is 2.53. The van der Waals surface area contributed by atoms with Crippen LogP contribution < -0.4 is 0 Å². The fourth-order valence-electron chi connectivity index (χ4n) is 2.75. The van der Waals surface area contributed by atoms with Gasteiger partial charge in [0.1, 0.15) is 0 Å². The molecule has 0 aromatic carbocycles. The monoisotopic (exact) mass is 295 g/mol. The van der Waals surface area contributed by atoms with Crippen molar-refractivity contribution in [2.24, 2.45) is 5.92 Å². The van der Waals surface area contributed by atoms with Crippen LogP contribution in [0.15, 0.2) is 5.38 Å². The molecule has 0 spiro atoms. The van der Waals surface area contributed by atoms with E-state index in [-0.39, 0.29) is 5.91 Å². The van der Waals surface area contributed by atoms with Crippen LogP contribution in [0.25, 0.3) is 0 Å². The summed E-state index contributed by atoms with van der Waals surface area (Å²) in [5, 5.41) is 3.09. The Morgan fingerprint density at radius 1 is 1.60 bits per heavy atom. The Labute approximate surface area is 125 Å². The van der Waals surface area contributed by atoms with Gasteiger partial charge in [-0.05, 0) is 32.2 Å². The predicted molar refractivity (Wildman–Crippen MR) is 82.8 cm³/mol. The van der Waals surface area contributed by atoms with Gasteiger partial charge in [0, 0.05) is 31.9 Å². The van der Waals surface area contributed by atoms with Crippen molar-refractivity contribution in [1.29, 1.82) is 0 Å². The van der Waals surface area contributed by atoms with Crippen molar-refractivity contribution in [1.82, 2.24) is 14.8 Å². The second-order valence-electron chi connectivity index (χ2n) is 5.91. The highest BCUT2D eigenvalue weighted by atomic mass is 32.1. The van der Waals surface area contributed by atoms with Crippen molar-refractivity contribution in [2.75, 3.05) is 26.7 Å². The Bertz CT molecular complexity index is 446. The number of amides is 1. The first-order valence-corrected chi connectivity index (χ1v) is 8.30. The minimum absolute atomic E-state index is 0.217. The molecule has 1 aliphatic rings. The summed E-state index contributed by atoms with van der Waals surface area (Å²) < 4.78 is 0. The summed E-state index contributed by atoms with van der Waals surface area (Å²) in [6.45, 7) is 8.09. The molecule has 0 radical (unpaired) electrons. The van der Waals surface area contributed by atoms with E-state index >= 15 is 0 Å². The van der Waals surface area contributed by atoms with E-state index in [0.29, 0.717) is 13.0 Å². The number of carbonyl (C=O) groups is 1. The highest BCUT2D eigenvalue weighted by molar-refractivity contribution is 7.09. The molecular formula is C15H25N3OS. The van der Waals surface area contributed by atoms with Gasteiger partial charge in [-0.25, -0.2) is 4.98 Å². The normalized spacial score (nSPS) is 20.1. The third kappa shape index (κ3) is 4.56. The van der Waals surface area contributed by atoms with E-state index in [1.54, 1.807) is 16.2 Å². The fourth-order valence-corrected chi connectivity index (χ4v) is 3.35. The molecule has 0 N–H and O–H groups in total. The van der Waals surface area contributed by atoms with Crippen molar-refractivity contribution in [3.63, 3.8) is 0 Å². The molecule has 1 aromatic heterocycles. The number of likely N-dealkylation sites (tertiary alicyclic amines) is 1. The largest absolute Gasteiger partial charge is 0.340 e. The second kappa shape index (κ2) is 7.18. The smallest absolute Gasteiger partial charge is 0.223 e. The molecule has 5 heteroatoms. The van der Waals surface area contributed by atoms with E-state index in [9.17, 15) is 4.79 Å². The second-order valence-corrected chi connectivity index (χ2v) is 6.97. The van der Waals surface area contributed by atoms with Gasteiger partial charge in [0.05, 0.1) is 17.2 Å². The van der Waals surface area contributed by atoms with Crippen LogP contribution in [-0.2, 0) is 11.3 Å². The number of thiazole rings is 1. The zero-order chi connectivity index (χ0) is 14.5. The van der Waals surface area contributed by atoms with Crippen molar-refractivity contribution < 1.29 is 4.79 Å². The van der Waals surface area contributed by atoms with Crippen LogP contribution in [-0.4, -0.2) is 47.4 Å². The fraction of sp³-hybridized carbons (Fsp3) is 0.733. The zero-order valence-electron chi connectivity index (χ0n) is 12.8. The molecule has 1 amide bonds. The van der Waals surface area contributed by atoms with Crippen LogP contribution in [0.1, 0.15) is 36.9 Å². The molecule has 1 saturated heterocycles.